The lowest BCUT2D eigenvalue weighted by molar-refractivity contribution is 0.575. The molecule has 2 rings (SSSR count). The fraction of sp³-hybridized carbons (Fsp3) is 0.273. The highest BCUT2D eigenvalue weighted by atomic mass is 35.5. The highest BCUT2D eigenvalue weighted by molar-refractivity contribution is 7.94. The van der Waals surface area contributed by atoms with Gasteiger partial charge in [0, 0.05) is 5.41 Å². The van der Waals surface area contributed by atoms with E-state index in [1.54, 1.807) is 6.92 Å². The third kappa shape index (κ3) is 3.14. The van der Waals surface area contributed by atoms with Crippen molar-refractivity contribution >= 4 is 37.1 Å². The number of nitrogens with two attached hydrogens (primary N) is 1. The summed E-state index contributed by atoms with van der Waals surface area (Å²) in [6, 6.07) is 1.85. The number of hydrogen-bond acceptors (Lipinski definition) is 5. The maximum absolute atomic E-state index is 12.2. The second-order valence-electron chi connectivity index (χ2n) is 4.53. The minimum Gasteiger partial charge on any atom is -0.397 e. The van der Waals surface area contributed by atoms with Gasteiger partial charge in [0.2, 0.25) is 10.0 Å². The quantitative estimate of drug-likeness (QED) is 0.795. The number of rotatable bonds is 3. The van der Waals surface area contributed by atoms with Crippen LogP contribution < -0.4 is 10.5 Å². The van der Waals surface area contributed by atoms with Gasteiger partial charge >= 0.3 is 0 Å². The van der Waals surface area contributed by atoms with Gasteiger partial charge in [-0.05, 0) is 24.6 Å². The molecular formula is C11H13ClN2O4S2. The van der Waals surface area contributed by atoms with Crippen LogP contribution in [-0.2, 0) is 19.9 Å². The van der Waals surface area contributed by atoms with E-state index in [1.165, 1.54) is 18.2 Å². The van der Waals surface area contributed by atoms with Gasteiger partial charge in [-0.2, -0.15) is 0 Å². The van der Waals surface area contributed by atoms with E-state index in [9.17, 15) is 16.8 Å². The fourth-order valence-corrected chi connectivity index (χ4v) is 4.59. The molecule has 6 nitrogen and oxygen atoms in total. The standard InChI is InChI=1S/C11H13ClN2O4S2/c1-7-4-9(5-10(13)11(7)12)20(17,18)14-8-2-3-19(15,16)6-8/h2-5,8,14H,6,13H2,1H3. The largest absolute Gasteiger partial charge is 0.397 e. The Bertz CT molecular complexity index is 762. The molecule has 0 radical (unpaired) electrons. The van der Waals surface area contributed by atoms with E-state index < -0.39 is 25.9 Å². The summed E-state index contributed by atoms with van der Waals surface area (Å²) < 4.78 is 49.2. The van der Waals surface area contributed by atoms with Crippen LogP contribution in [0.1, 0.15) is 5.56 Å². The van der Waals surface area contributed by atoms with Crippen molar-refractivity contribution in [1.29, 1.82) is 0 Å². The van der Waals surface area contributed by atoms with Gasteiger partial charge in [0.25, 0.3) is 0 Å². The van der Waals surface area contributed by atoms with Crippen molar-refractivity contribution in [2.45, 2.75) is 17.9 Å². The molecule has 9 heteroatoms. The zero-order chi connectivity index (χ0) is 15.1. The topological polar surface area (TPSA) is 106 Å². The van der Waals surface area contributed by atoms with Crippen molar-refractivity contribution in [1.82, 2.24) is 4.72 Å². The molecule has 1 aliphatic rings. The average Bonchev–Trinajstić information content (AvgIpc) is 2.64. The summed E-state index contributed by atoms with van der Waals surface area (Å²) in [6.45, 7) is 1.64. The highest BCUT2D eigenvalue weighted by Crippen LogP contribution is 2.27. The molecule has 0 aliphatic carbocycles. The first-order valence-electron chi connectivity index (χ1n) is 5.60. The first-order chi connectivity index (χ1) is 9.11. The third-order valence-corrected chi connectivity index (χ3v) is 6.18. The highest BCUT2D eigenvalue weighted by Gasteiger charge is 2.27. The molecular weight excluding hydrogens is 324 g/mol. The Balaban J connectivity index is 2.30. The Kier molecular flexibility index (Phi) is 3.85. The van der Waals surface area contributed by atoms with Crippen LogP contribution in [-0.4, -0.2) is 28.6 Å². The van der Waals surface area contributed by atoms with Crippen molar-refractivity contribution < 1.29 is 16.8 Å². The number of nitrogen functional groups attached to an aromatic ring is 1. The minimum atomic E-state index is -3.86. The van der Waals surface area contributed by atoms with E-state index in [0.717, 1.165) is 5.41 Å². The van der Waals surface area contributed by atoms with Gasteiger partial charge in [-0.3, -0.25) is 0 Å². The van der Waals surface area contributed by atoms with Gasteiger partial charge in [0.15, 0.2) is 9.84 Å². The zero-order valence-electron chi connectivity index (χ0n) is 10.5. The maximum Gasteiger partial charge on any atom is 0.241 e. The zero-order valence-corrected chi connectivity index (χ0v) is 12.9. The molecule has 20 heavy (non-hydrogen) atoms. The molecule has 0 bridgehead atoms. The van der Waals surface area contributed by atoms with Crippen LogP contribution >= 0.6 is 11.6 Å². The molecule has 1 aromatic carbocycles. The van der Waals surface area contributed by atoms with Crippen molar-refractivity contribution in [3.05, 3.63) is 34.2 Å². The van der Waals surface area contributed by atoms with Gasteiger partial charge in [-0.15, -0.1) is 0 Å². The second-order valence-corrected chi connectivity index (χ2v) is 8.55. The van der Waals surface area contributed by atoms with Crippen LogP contribution in [0.5, 0.6) is 0 Å². The number of sulfone groups is 1. The smallest absolute Gasteiger partial charge is 0.241 e. The Morgan fingerprint density at radius 3 is 2.55 bits per heavy atom. The Morgan fingerprint density at radius 2 is 2.05 bits per heavy atom. The van der Waals surface area contributed by atoms with Crippen molar-refractivity contribution in [2.24, 2.45) is 0 Å². The predicted octanol–water partition coefficient (Wildman–Crippen LogP) is 0.820. The lowest BCUT2D eigenvalue weighted by Gasteiger charge is -2.12. The summed E-state index contributed by atoms with van der Waals surface area (Å²) in [5.41, 5.74) is 6.32. The third-order valence-electron chi connectivity index (χ3n) is 2.80. The monoisotopic (exact) mass is 336 g/mol. The van der Waals surface area contributed by atoms with Crippen LogP contribution in [0.25, 0.3) is 0 Å². The Morgan fingerprint density at radius 1 is 1.40 bits per heavy atom. The van der Waals surface area contributed by atoms with Crippen LogP contribution in [0, 0.1) is 6.92 Å². The fourth-order valence-electron chi connectivity index (χ4n) is 1.83. The Labute approximate surface area is 122 Å². The predicted molar refractivity (Wildman–Crippen MR) is 77.6 cm³/mol. The number of halogens is 1. The molecule has 1 aliphatic heterocycles. The van der Waals surface area contributed by atoms with Crippen LogP contribution in [0.15, 0.2) is 28.5 Å². The summed E-state index contributed by atoms with van der Waals surface area (Å²) in [5, 5.41) is 1.30. The molecule has 0 fully saturated rings. The lowest BCUT2D eigenvalue weighted by Crippen LogP contribution is -2.35. The Hall–Kier alpha value is -1.09. The van der Waals surface area contributed by atoms with Crippen molar-refractivity contribution in [2.75, 3.05) is 11.5 Å². The summed E-state index contributed by atoms with van der Waals surface area (Å²) in [7, 11) is -7.19. The first kappa shape index (κ1) is 15.3. The molecule has 1 heterocycles. The summed E-state index contributed by atoms with van der Waals surface area (Å²) in [4.78, 5) is -0.0467. The van der Waals surface area contributed by atoms with E-state index in [1.807, 2.05) is 0 Å². The average molecular weight is 337 g/mol. The van der Waals surface area contributed by atoms with Gasteiger partial charge in [-0.25, -0.2) is 21.6 Å². The molecule has 1 aromatic rings. The summed E-state index contributed by atoms with van der Waals surface area (Å²) in [6.07, 6.45) is 1.30. The van der Waals surface area contributed by atoms with Crippen molar-refractivity contribution in [3.63, 3.8) is 0 Å². The van der Waals surface area contributed by atoms with Gasteiger partial charge in [0.05, 0.1) is 27.4 Å². The summed E-state index contributed by atoms with van der Waals surface area (Å²) >= 11 is 5.88. The molecule has 0 spiro atoms. The van der Waals surface area contributed by atoms with Crippen LogP contribution in [0.3, 0.4) is 0 Å². The number of nitrogens with one attached hydrogen (secondary N) is 1. The number of hydrogen-bond donors (Lipinski definition) is 2. The number of sulfonamides is 1. The van der Waals surface area contributed by atoms with E-state index in [0.29, 0.717) is 10.6 Å². The van der Waals surface area contributed by atoms with Crippen LogP contribution in [0.4, 0.5) is 5.69 Å². The molecule has 0 aromatic heterocycles. The molecule has 0 saturated carbocycles. The van der Waals surface area contributed by atoms with E-state index in [-0.39, 0.29) is 16.3 Å². The number of anilines is 1. The lowest BCUT2D eigenvalue weighted by atomic mass is 10.2. The van der Waals surface area contributed by atoms with Crippen molar-refractivity contribution in [3.8, 4) is 0 Å². The minimum absolute atomic E-state index is 0.0467. The van der Waals surface area contributed by atoms with E-state index in [2.05, 4.69) is 4.72 Å². The number of benzene rings is 1. The van der Waals surface area contributed by atoms with Gasteiger partial charge < -0.3 is 5.73 Å². The normalized spacial score (nSPS) is 21.2. The maximum atomic E-state index is 12.2. The molecule has 0 saturated heterocycles. The number of aryl methyl sites for hydroxylation is 1. The molecule has 3 N–H and O–H groups in total. The molecule has 1 unspecified atom stereocenters. The first-order valence-corrected chi connectivity index (χ1v) is 9.17. The SMILES string of the molecule is Cc1cc(S(=O)(=O)NC2C=CS(=O)(=O)C2)cc(N)c1Cl. The van der Waals surface area contributed by atoms with Gasteiger partial charge in [0.1, 0.15) is 0 Å². The molecule has 0 amide bonds. The van der Waals surface area contributed by atoms with E-state index >= 15 is 0 Å². The molecule has 110 valence electrons. The van der Waals surface area contributed by atoms with Crippen LogP contribution in [0.2, 0.25) is 5.02 Å². The molecule has 1 atom stereocenters. The second kappa shape index (κ2) is 5.03. The van der Waals surface area contributed by atoms with E-state index in [4.69, 9.17) is 17.3 Å². The van der Waals surface area contributed by atoms with Gasteiger partial charge in [-0.1, -0.05) is 17.7 Å². The summed E-state index contributed by atoms with van der Waals surface area (Å²) in [5.74, 6) is -0.283.